The van der Waals surface area contributed by atoms with Crippen molar-refractivity contribution in [2.75, 3.05) is 6.61 Å². The molecular weight excluding hydrogens is 284 g/mol. The molecule has 3 heteroatoms. The lowest BCUT2D eigenvalue weighted by Gasteiger charge is -2.06. The van der Waals surface area contributed by atoms with E-state index in [0.29, 0.717) is 0 Å². The molecule has 0 aliphatic carbocycles. The fraction of sp³-hybridized carbons (Fsp3) is 0.350. The molecule has 3 rings (SSSR count). The number of benzene rings is 2. The van der Waals surface area contributed by atoms with Crippen LogP contribution in [0.5, 0.6) is 5.75 Å². The van der Waals surface area contributed by atoms with Crippen LogP contribution in [0.3, 0.4) is 0 Å². The van der Waals surface area contributed by atoms with Gasteiger partial charge in [-0.2, -0.15) is 0 Å². The zero-order valence-corrected chi connectivity index (χ0v) is 14.1. The first-order valence-electron chi connectivity index (χ1n) is 8.37. The number of aryl methyl sites for hydroxylation is 2. The summed E-state index contributed by atoms with van der Waals surface area (Å²) in [5.41, 5.74) is 5.73. The van der Waals surface area contributed by atoms with Crippen molar-refractivity contribution in [2.24, 2.45) is 0 Å². The van der Waals surface area contributed by atoms with Gasteiger partial charge in [-0.25, -0.2) is 4.98 Å². The predicted molar refractivity (Wildman–Crippen MR) is 96.0 cm³/mol. The Balaban J connectivity index is 1.76. The highest BCUT2D eigenvalue weighted by atomic mass is 16.5. The second kappa shape index (κ2) is 6.86. The molecule has 1 aromatic heterocycles. The van der Waals surface area contributed by atoms with E-state index in [9.17, 15) is 0 Å². The molecule has 0 radical (unpaired) electrons. The van der Waals surface area contributed by atoms with Gasteiger partial charge in [0.1, 0.15) is 11.6 Å². The minimum Gasteiger partial charge on any atom is -0.494 e. The van der Waals surface area contributed by atoms with E-state index in [1.54, 1.807) is 0 Å². The van der Waals surface area contributed by atoms with Crippen molar-refractivity contribution in [1.82, 2.24) is 9.97 Å². The predicted octanol–water partition coefficient (Wildman–Crippen LogP) is 5.42. The molecule has 0 saturated carbocycles. The monoisotopic (exact) mass is 308 g/mol. The normalized spacial score (nSPS) is 11.1. The molecule has 3 nitrogen and oxygen atoms in total. The summed E-state index contributed by atoms with van der Waals surface area (Å²) in [5.74, 6) is 1.83. The van der Waals surface area contributed by atoms with Crippen molar-refractivity contribution in [2.45, 2.75) is 40.0 Å². The van der Waals surface area contributed by atoms with Crippen molar-refractivity contribution in [3.63, 3.8) is 0 Å². The van der Waals surface area contributed by atoms with Crippen molar-refractivity contribution >= 4 is 11.0 Å². The van der Waals surface area contributed by atoms with E-state index in [-0.39, 0.29) is 0 Å². The Morgan fingerprint density at radius 3 is 2.48 bits per heavy atom. The number of hydrogen-bond donors (Lipinski definition) is 1. The largest absolute Gasteiger partial charge is 0.494 e. The van der Waals surface area contributed by atoms with Crippen molar-refractivity contribution in [1.29, 1.82) is 0 Å². The molecule has 0 atom stereocenters. The summed E-state index contributed by atoms with van der Waals surface area (Å²) in [6, 6.07) is 12.5. The summed E-state index contributed by atoms with van der Waals surface area (Å²) in [7, 11) is 0. The summed E-state index contributed by atoms with van der Waals surface area (Å²) in [4.78, 5) is 8.11. The number of fused-ring (bicyclic) bond motifs is 1. The van der Waals surface area contributed by atoms with Gasteiger partial charge >= 0.3 is 0 Å². The zero-order chi connectivity index (χ0) is 16.2. The van der Waals surface area contributed by atoms with Gasteiger partial charge < -0.3 is 9.72 Å². The standard InChI is InChI=1S/C20H24N2O/c1-4-5-6-11-23-17-9-7-16(8-10-17)20-21-18-12-14(2)15(3)13-19(18)22-20/h7-10,12-13H,4-6,11H2,1-3H3,(H,21,22). The second-order valence-corrected chi connectivity index (χ2v) is 6.12. The van der Waals surface area contributed by atoms with Gasteiger partial charge in [0.25, 0.3) is 0 Å². The Morgan fingerprint density at radius 2 is 1.74 bits per heavy atom. The zero-order valence-electron chi connectivity index (χ0n) is 14.1. The van der Waals surface area contributed by atoms with Crippen LogP contribution in [0.2, 0.25) is 0 Å². The first-order valence-corrected chi connectivity index (χ1v) is 8.37. The number of rotatable bonds is 6. The number of hydrogen-bond acceptors (Lipinski definition) is 2. The van der Waals surface area contributed by atoms with Gasteiger partial charge in [-0.15, -0.1) is 0 Å². The minimum atomic E-state index is 0.788. The summed E-state index contributed by atoms with van der Waals surface area (Å²) in [5, 5.41) is 0. The molecular formula is C20H24N2O. The van der Waals surface area contributed by atoms with E-state index >= 15 is 0 Å². The molecule has 2 aromatic carbocycles. The average molecular weight is 308 g/mol. The lowest BCUT2D eigenvalue weighted by molar-refractivity contribution is 0.306. The third kappa shape index (κ3) is 3.55. The number of imidazole rings is 1. The van der Waals surface area contributed by atoms with Crippen LogP contribution in [0.4, 0.5) is 0 Å². The van der Waals surface area contributed by atoms with Gasteiger partial charge in [-0.3, -0.25) is 0 Å². The van der Waals surface area contributed by atoms with Crippen LogP contribution in [-0.2, 0) is 0 Å². The molecule has 1 N–H and O–H groups in total. The van der Waals surface area contributed by atoms with Gasteiger partial charge in [-0.05, 0) is 67.8 Å². The molecule has 23 heavy (non-hydrogen) atoms. The quantitative estimate of drug-likeness (QED) is 0.618. The maximum Gasteiger partial charge on any atom is 0.138 e. The molecule has 0 saturated heterocycles. The topological polar surface area (TPSA) is 37.9 Å². The third-order valence-corrected chi connectivity index (χ3v) is 4.24. The number of aromatic amines is 1. The van der Waals surface area contributed by atoms with Gasteiger partial charge in [0.15, 0.2) is 0 Å². The number of H-pyrrole nitrogens is 1. The smallest absolute Gasteiger partial charge is 0.138 e. The number of aromatic nitrogens is 2. The Hall–Kier alpha value is -2.29. The SMILES string of the molecule is CCCCCOc1ccc(-c2nc3cc(C)c(C)cc3[nH]2)cc1. The fourth-order valence-corrected chi connectivity index (χ4v) is 2.66. The average Bonchev–Trinajstić information content (AvgIpc) is 2.95. The summed E-state index contributed by atoms with van der Waals surface area (Å²) >= 11 is 0. The molecule has 0 bridgehead atoms. The van der Waals surface area contributed by atoms with Crippen molar-refractivity contribution in [3.05, 3.63) is 47.5 Å². The summed E-state index contributed by atoms with van der Waals surface area (Å²) in [6.07, 6.45) is 3.55. The van der Waals surface area contributed by atoms with Crippen LogP contribution < -0.4 is 4.74 Å². The Kier molecular flexibility index (Phi) is 4.65. The maximum absolute atomic E-state index is 5.76. The Morgan fingerprint density at radius 1 is 1.00 bits per heavy atom. The van der Waals surface area contributed by atoms with Gasteiger partial charge in [0, 0.05) is 5.56 Å². The highest BCUT2D eigenvalue weighted by Gasteiger charge is 2.07. The minimum absolute atomic E-state index is 0.788. The number of unbranched alkanes of at least 4 members (excludes halogenated alkanes) is 2. The van der Waals surface area contributed by atoms with E-state index in [0.717, 1.165) is 41.2 Å². The molecule has 0 fully saturated rings. The van der Waals surface area contributed by atoms with Crippen LogP contribution >= 0.6 is 0 Å². The molecule has 120 valence electrons. The molecule has 3 aromatic rings. The fourth-order valence-electron chi connectivity index (χ4n) is 2.66. The van der Waals surface area contributed by atoms with Gasteiger partial charge in [0.2, 0.25) is 0 Å². The molecule has 0 unspecified atom stereocenters. The van der Waals surface area contributed by atoms with E-state index < -0.39 is 0 Å². The van der Waals surface area contributed by atoms with Crippen molar-refractivity contribution < 1.29 is 4.74 Å². The van der Waals surface area contributed by atoms with E-state index in [2.05, 4.69) is 50.0 Å². The number of ether oxygens (including phenoxy) is 1. The van der Waals surface area contributed by atoms with Crippen LogP contribution in [0.1, 0.15) is 37.3 Å². The maximum atomic E-state index is 5.76. The highest BCUT2D eigenvalue weighted by molar-refractivity contribution is 5.81. The summed E-state index contributed by atoms with van der Waals surface area (Å²) in [6.45, 7) is 7.23. The molecule has 0 amide bonds. The third-order valence-electron chi connectivity index (χ3n) is 4.24. The molecule has 0 aliphatic rings. The Bertz CT molecular complexity index is 748. The van der Waals surface area contributed by atoms with Gasteiger partial charge in [-0.1, -0.05) is 19.8 Å². The second-order valence-electron chi connectivity index (χ2n) is 6.12. The van der Waals surface area contributed by atoms with Crippen LogP contribution in [0.25, 0.3) is 22.4 Å². The lowest BCUT2D eigenvalue weighted by Crippen LogP contribution is -1.96. The number of nitrogens with zero attached hydrogens (tertiary/aromatic N) is 1. The van der Waals surface area contributed by atoms with Crippen LogP contribution in [-0.4, -0.2) is 16.6 Å². The van der Waals surface area contributed by atoms with Crippen LogP contribution in [0.15, 0.2) is 36.4 Å². The van der Waals surface area contributed by atoms with E-state index in [1.807, 2.05) is 12.1 Å². The molecule has 0 aliphatic heterocycles. The highest BCUT2D eigenvalue weighted by Crippen LogP contribution is 2.24. The lowest BCUT2D eigenvalue weighted by atomic mass is 10.1. The Labute approximate surface area is 137 Å². The molecule has 0 spiro atoms. The first-order chi connectivity index (χ1) is 11.2. The van der Waals surface area contributed by atoms with Crippen molar-refractivity contribution in [3.8, 4) is 17.1 Å². The number of nitrogens with one attached hydrogen (secondary N) is 1. The van der Waals surface area contributed by atoms with Crippen LogP contribution in [0, 0.1) is 13.8 Å². The van der Waals surface area contributed by atoms with Gasteiger partial charge in [0.05, 0.1) is 17.6 Å². The first kappa shape index (κ1) is 15.6. The van der Waals surface area contributed by atoms with E-state index in [4.69, 9.17) is 9.72 Å². The molecule has 1 heterocycles. The summed E-state index contributed by atoms with van der Waals surface area (Å²) < 4.78 is 5.76. The van der Waals surface area contributed by atoms with E-state index in [1.165, 1.54) is 24.0 Å².